The van der Waals surface area contributed by atoms with Crippen molar-refractivity contribution in [1.29, 1.82) is 5.26 Å². The average Bonchev–Trinajstić information content (AvgIpc) is 2.29. The fraction of sp³-hybridized carbons (Fsp3) is 0.429. The van der Waals surface area contributed by atoms with E-state index in [2.05, 4.69) is 19.2 Å². The van der Waals surface area contributed by atoms with Crippen LogP contribution in [0.5, 0.6) is 0 Å². The molecule has 0 atom stereocenters. The molecule has 17 heavy (non-hydrogen) atoms. The zero-order valence-corrected chi connectivity index (χ0v) is 10.7. The Morgan fingerprint density at radius 2 is 2.06 bits per heavy atom. The fourth-order valence-electron chi connectivity index (χ4n) is 1.31. The van der Waals surface area contributed by atoms with Gasteiger partial charge in [0.15, 0.2) is 0 Å². The van der Waals surface area contributed by atoms with Gasteiger partial charge in [-0.05, 0) is 37.5 Å². The molecular weight excluding hydrogens is 212 g/mol. The molecule has 1 rings (SSSR count). The molecule has 0 aliphatic carbocycles. The van der Waals surface area contributed by atoms with Gasteiger partial charge in [0.05, 0.1) is 6.07 Å². The molecule has 1 N–H and O–H groups in total. The molecule has 90 valence electrons. The van der Waals surface area contributed by atoms with Crippen LogP contribution in [0.4, 0.5) is 5.69 Å². The summed E-state index contributed by atoms with van der Waals surface area (Å²) in [5.74, 6) is 0.136. The molecule has 3 heteroatoms. The highest BCUT2D eigenvalue weighted by molar-refractivity contribution is 5.96. The Kier molecular flexibility index (Phi) is 3.90. The van der Waals surface area contributed by atoms with Crippen LogP contribution in [0.3, 0.4) is 0 Å². The van der Waals surface area contributed by atoms with Crippen molar-refractivity contribution in [3.8, 4) is 6.07 Å². The number of nitrogens with one attached hydrogen (secondary N) is 1. The van der Waals surface area contributed by atoms with Gasteiger partial charge in [-0.25, -0.2) is 0 Å². The lowest BCUT2D eigenvalue weighted by Crippen LogP contribution is -2.29. The van der Waals surface area contributed by atoms with E-state index in [1.807, 2.05) is 30.3 Å². The number of anilines is 1. The first-order valence-corrected chi connectivity index (χ1v) is 5.69. The zero-order valence-electron chi connectivity index (χ0n) is 10.7. The Bertz CT molecular complexity index is 456. The number of benzene rings is 1. The van der Waals surface area contributed by atoms with E-state index in [0.29, 0.717) is 5.92 Å². The Morgan fingerprint density at radius 3 is 2.59 bits per heavy atom. The summed E-state index contributed by atoms with van der Waals surface area (Å²) < 4.78 is 0. The summed E-state index contributed by atoms with van der Waals surface area (Å²) >= 11 is 0. The molecule has 0 unspecified atom stereocenters. The number of hydrogen-bond acceptors (Lipinski definition) is 2. The Labute approximate surface area is 102 Å². The van der Waals surface area contributed by atoms with Crippen molar-refractivity contribution in [2.24, 2.45) is 5.41 Å². The molecule has 0 saturated carbocycles. The monoisotopic (exact) mass is 230 g/mol. The van der Waals surface area contributed by atoms with Crippen molar-refractivity contribution in [2.45, 2.75) is 33.6 Å². The summed E-state index contributed by atoms with van der Waals surface area (Å²) in [5.41, 5.74) is 0.899. The second-order valence-corrected chi connectivity index (χ2v) is 4.97. The van der Waals surface area contributed by atoms with E-state index in [9.17, 15) is 4.79 Å². The van der Waals surface area contributed by atoms with Crippen LogP contribution in [0.25, 0.3) is 0 Å². The van der Waals surface area contributed by atoms with Gasteiger partial charge in [0.25, 0.3) is 0 Å². The molecule has 0 heterocycles. The van der Waals surface area contributed by atoms with Gasteiger partial charge in [-0.2, -0.15) is 5.26 Å². The SMILES string of the molecule is CC(C)c1cccc(NC(=O)C(C)(C)C#N)c1. The van der Waals surface area contributed by atoms with E-state index in [-0.39, 0.29) is 5.91 Å². The van der Waals surface area contributed by atoms with Gasteiger partial charge >= 0.3 is 0 Å². The maximum atomic E-state index is 11.8. The topological polar surface area (TPSA) is 52.9 Å². The third-order valence-corrected chi connectivity index (χ3v) is 2.66. The van der Waals surface area contributed by atoms with E-state index in [1.54, 1.807) is 13.8 Å². The number of nitriles is 1. The Balaban J connectivity index is 2.87. The molecule has 0 fully saturated rings. The molecule has 0 spiro atoms. The lowest BCUT2D eigenvalue weighted by molar-refractivity contribution is -0.121. The highest BCUT2D eigenvalue weighted by Gasteiger charge is 2.27. The maximum Gasteiger partial charge on any atom is 0.244 e. The van der Waals surface area contributed by atoms with Crippen molar-refractivity contribution in [2.75, 3.05) is 5.32 Å². The van der Waals surface area contributed by atoms with Gasteiger partial charge in [0.1, 0.15) is 5.41 Å². The van der Waals surface area contributed by atoms with Crippen LogP contribution in [0.2, 0.25) is 0 Å². The van der Waals surface area contributed by atoms with Gasteiger partial charge in [-0.15, -0.1) is 0 Å². The largest absolute Gasteiger partial charge is 0.325 e. The number of nitrogens with zero attached hydrogens (tertiary/aromatic N) is 1. The van der Waals surface area contributed by atoms with Crippen molar-refractivity contribution in [3.05, 3.63) is 29.8 Å². The van der Waals surface area contributed by atoms with Crippen LogP contribution in [-0.2, 0) is 4.79 Å². The number of rotatable bonds is 3. The summed E-state index contributed by atoms with van der Waals surface area (Å²) in [6, 6.07) is 9.69. The van der Waals surface area contributed by atoms with Gasteiger partial charge in [0.2, 0.25) is 5.91 Å². The first-order chi connectivity index (χ1) is 7.86. The number of amides is 1. The van der Waals surface area contributed by atoms with Gasteiger partial charge in [-0.1, -0.05) is 26.0 Å². The van der Waals surface area contributed by atoms with E-state index in [0.717, 1.165) is 11.3 Å². The lowest BCUT2D eigenvalue weighted by atomic mass is 9.94. The number of carbonyl (C=O) groups is 1. The predicted molar refractivity (Wildman–Crippen MR) is 68.6 cm³/mol. The minimum absolute atomic E-state index is 0.277. The van der Waals surface area contributed by atoms with E-state index in [1.165, 1.54) is 0 Å². The normalized spacial score (nSPS) is 11.1. The quantitative estimate of drug-likeness (QED) is 0.866. The van der Waals surface area contributed by atoms with Gasteiger partial charge in [0, 0.05) is 5.69 Å². The third kappa shape index (κ3) is 3.32. The summed E-state index contributed by atoms with van der Waals surface area (Å²) in [6.45, 7) is 7.41. The minimum atomic E-state index is -1.01. The van der Waals surface area contributed by atoms with Crippen molar-refractivity contribution in [1.82, 2.24) is 0 Å². The first-order valence-electron chi connectivity index (χ1n) is 5.69. The van der Waals surface area contributed by atoms with Crippen molar-refractivity contribution >= 4 is 11.6 Å². The highest BCUT2D eigenvalue weighted by atomic mass is 16.2. The molecule has 0 aliphatic heterocycles. The summed E-state index contributed by atoms with van der Waals surface area (Å²) in [4.78, 5) is 11.8. The summed E-state index contributed by atoms with van der Waals surface area (Å²) in [6.07, 6.45) is 0. The highest BCUT2D eigenvalue weighted by Crippen LogP contribution is 2.21. The lowest BCUT2D eigenvalue weighted by Gasteiger charge is -2.16. The van der Waals surface area contributed by atoms with Crippen molar-refractivity contribution in [3.63, 3.8) is 0 Å². The molecule has 1 aromatic carbocycles. The molecule has 0 saturated heterocycles. The van der Waals surface area contributed by atoms with Crippen LogP contribution in [0.1, 0.15) is 39.2 Å². The van der Waals surface area contributed by atoms with Crippen molar-refractivity contribution < 1.29 is 4.79 Å². The smallest absolute Gasteiger partial charge is 0.244 e. The number of carbonyl (C=O) groups excluding carboxylic acids is 1. The third-order valence-electron chi connectivity index (χ3n) is 2.66. The standard InChI is InChI=1S/C14H18N2O/c1-10(2)11-6-5-7-12(8-11)16-13(17)14(3,4)9-15/h5-8,10H,1-4H3,(H,16,17). The summed E-state index contributed by atoms with van der Waals surface area (Å²) in [5, 5.41) is 11.6. The molecule has 0 bridgehead atoms. The number of hydrogen-bond donors (Lipinski definition) is 1. The molecule has 1 aromatic rings. The minimum Gasteiger partial charge on any atom is -0.325 e. The maximum absolute atomic E-state index is 11.8. The van der Waals surface area contributed by atoms with E-state index < -0.39 is 5.41 Å². The molecule has 0 aliphatic rings. The second-order valence-electron chi connectivity index (χ2n) is 4.97. The van der Waals surface area contributed by atoms with Gasteiger partial charge in [-0.3, -0.25) is 4.79 Å². The average molecular weight is 230 g/mol. The molecular formula is C14H18N2O. The molecule has 0 radical (unpaired) electrons. The van der Waals surface area contributed by atoms with Gasteiger partial charge < -0.3 is 5.32 Å². The molecule has 1 amide bonds. The second kappa shape index (κ2) is 5.01. The van der Waals surface area contributed by atoms with Crippen LogP contribution in [0.15, 0.2) is 24.3 Å². The zero-order chi connectivity index (χ0) is 13.1. The van der Waals surface area contributed by atoms with Crippen LogP contribution in [-0.4, -0.2) is 5.91 Å². The van der Waals surface area contributed by atoms with E-state index >= 15 is 0 Å². The molecule has 0 aromatic heterocycles. The predicted octanol–water partition coefficient (Wildman–Crippen LogP) is 3.30. The van der Waals surface area contributed by atoms with Crippen LogP contribution >= 0.6 is 0 Å². The fourth-order valence-corrected chi connectivity index (χ4v) is 1.31. The van der Waals surface area contributed by atoms with Crippen LogP contribution in [0, 0.1) is 16.7 Å². The summed E-state index contributed by atoms with van der Waals surface area (Å²) in [7, 11) is 0. The van der Waals surface area contributed by atoms with E-state index in [4.69, 9.17) is 5.26 Å². The Hall–Kier alpha value is -1.82. The first kappa shape index (κ1) is 13.2. The van der Waals surface area contributed by atoms with Crippen LogP contribution < -0.4 is 5.32 Å². The Morgan fingerprint density at radius 1 is 1.41 bits per heavy atom. The molecule has 3 nitrogen and oxygen atoms in total.